The largest absolute Gasteiger partial charge is 0.466 e. The first kappa shape index (κ1) is 18.0. The average Bonchev–Trinajstić information content (AvgIpc) is 3.24. The number of nitrogens with zero attached hydrogens (tertiary/aromatic N) is 2. The molecule has 0 spiro atoms. The first-order valence-corrected chi connectivity index (χ1v) is 10.7. The average molecular weight is 383 g/mol. The number of hydrogen-bond donors (Lipinski definition) is 1. The molecule has 150 valence electrons. The number of furan rings is 1. The molecule has 4 fully saturated rings. The third kappa shape index (κ3) is 3.38. The molecule has 0 unspecified atom stereocenters. The Bertz CT molecular complexity index is 840. The third-order valence-corrected chi connectivity index (χ3v) is 7.26. The van der Waals surface area contributed by atoms with Gasteiger partial charge in [0, 0.05) is 19.4 Å². The Morgan fingerprint density at radius 2 is 1.79 bits per heavy atom. The summed E-state index contributed by atoms with van der Waals surface area (Å²) in [5, 5.41) is 11.4. The van der Waals surface area contributed by atoms with Crippen molar-refractivity contribution in [2.75, 3.05) is 6.54 Å². The lowest BCUT2D eigenvalue weighted by Gasteiger charge is -2.54. The SMILES string of the molecule is Cc1cc(-c2nnc(CCC(=O)NCC3C4CC5CC(C4)CC3C5)o2)c(C)o1. The molecule has 0 aromatic carbocycles. The van der Waals surface area contributed by atoms with Crippen molar-refractivity contribution < 1.29 is 13.6 Å². The second-order valence-electron chi connectivity index (χ2n) is 9.23. The van der Waals surface area contributed by atoms with Crippen LogP contribution in [-0.4, -0.2) is 22.6 Å². The number of nitrogens with one attached hydrogen (secondary N) is 1. The molecule has 4 aliphatic rings. The van der Waals surface area contributed by atoms with Crippen LogP contribution in [-0.2, 0) is 11.2 Å². The second kappa shape index (κ2) is 7.05. The fourth-order valence-corrected chi connectivity index (χ4v) is 6.22. The molecule has 2 heterocycles. The van der Waals surface area contributed by atoms with Gasteiger partial charge in [-0.2, -0.15) is 0 Å². The van der Waals surface area contributed by atoms with Crippen molar-refractivity contribution in [3.05, 3.63) is 23.5 Å². The molecule has 1 amide bonds. The highest BCUT2D eigenvalue weighted by atomic mass is 16.4. The van der Waals surface area contributed by atoms with Crippen molar-refractivity contribution in [3.8, 4) is 11.5 Å². The van der Waals surface area contributed by atoms with E-state index in [2.05, 4.69) is 15.5 Å². The highest BCUT2D eigenvalue weighted by Crippen LogP contribution is 2.56. The smallest absolute Gasteiger partial charge is 0.251 e. The number of hydrogen-bond acceptors (Lipinski definition) is 5. The van der Waals surface area contributed by atoms with Gasteiger partial charge in [0.2, 0.25) is 11.8 Å². The molecule has 4 aliphatic carbocycles. The van der Waals surface area contributed by atoms with Gasteiger partial charge in [0.1, 0.15) is 11.5 Å². The maximum absolute atomic E-state index is 12.4. The molecular weight excluding hydrogens is 354 g/mol. The first-order chi connectivity index (χ1) is 13.5. The molecule has 2 aromatic rings. The Kier molecular flexibility index (Phi) is 4.52. The molecule has 6 heteroatoms. The van der Waals surface area contributed by atoms with Crippen molar-refractivity contribution in [2.45, 2.75) is 58.8 Å². The minimum Gasteiger partial charge on any atom is -0.466 e. The molecule has 6 rings (SSSR count). The highest BCUT2D eigenvalue weighted by Gasteiger charge is 2.47. The summed E-state index contributed by atoms with van der Waals surface area (Å²) >= 11 is 0. The molecule has 0 atom stereocenters. The molecule has 6 nitrogen and oxygen atoms in total. The minimum absolute atomic E-state index is 0.0869. The van der Waals surface area contributed by atoms with Gasteiger partial charge in [-0.25, -0.2) is 0 Å². The van der Waals surface area contributed by atoms with Gasteiger partial charge in [-0.3, -0.25) is 4.79 Å². The summed E-state index contributed by atoms with van der Waals surface area (Å²) in [6.07, 6.45) is 7.90. The fraction of sp³-hybridized carbons (Fsp3) is 0.682. The number of amides is 1. The summed E-state index contributed by atoms with van der Waals surface area (Å²) in [5.41, 5.74) is 0.822. The number of rotatable bonds is 6. The normalized spacial score (nSPS) is 30.7. The summed E-state index contributed by atoms with van der Waals surface area (Å²) < 4.78 is 11.2. The number of aryl methyl sites for hydroxylation is 3. The molecule has 4 bridgehead atoms. The van der Waals surface area contributed by atoms with Gasteiger partial charge in [-0.05, 0) is 81.6 Å². The summed E-state index contributed by atoms with van der Waals surface area (Å²) in [5.74, 6) is 6.96. The maximum atomic E-state index is 12.4. The van der Waals surface area contributed by atoms with Crippen LogP contribution in [0, 0.1) is 43.4 Å². The van der Waals surface area contributed by atoms with E-state index in [-0.39, 0.29) is 5.91 Å². The van der Waals surface area contributed by atoms with Gasteiger partial charge < -0.3 is 14.2 Å². The second-order valence-corrected chi connectivity index (χ2v) is 9.23. The summed E-state index contributed by atoms with van der Waals surface area (Å²) in [6.45, 7) is 4.61. The Hall–Kier alpha value is -2.11. The zero-order chi connectivity index (χ0) is 19.3. The minimum atomic E-state index is 0.0869. The molecule has 4 saturated carbocycles. The lowest BCUT2D eigenvalue weighted by Crippen LogP contribution is -2.49. The summed E-state index contributed by atoms with van der Waals surface area (Å²) in [6, 6.07) is 1.89. The Labute approximate surface area is 165 Å². The van der Waals surface area contributed by atoms with E-state index in [9.17, 15) is 4.79 Å². The number of carbonyl (C=O) groups is 1. The summed E-state index contributed by atoms with van der Waals surface area (Å²) in [4.78, 5) is 12.4. The molecule has 1 N–H and O–H groups in total. The number of aromatic nitrogens is 2. The topological polar surface area (TPSA) is 81.2 Å². The maximum Gasteiger partial charge on any atom is 0.251 e. The van der Waals surface area contributed by atoms with Crippen LogP contribution in [0.15, 0.2) is 14.9 Å². The van der Waals surface area contributed by atoms with E-state index in [1.165, 1.54) is 32.1 Å². The molecule has 2 aromatic heterocycles. The molecule has 0 saturated heterocycles. The van der Waals surface area contributed by atoms with Crippen LogP contribution in [0.2, 0.25) is 0 Å². The predicted octanol–water partition coefficient (Wildman–Crippen LogP) is 4.07. The van der Waals surface area contributed by atoms with Gasteiger partial charge in [0.25, 0.3) is 5.89 Å². The van der Waals surface area contributed by atoms with Crippen LogP contribution in [0.4, 0.5) is 0 Å². The van der Waals surface area contributed by atoms with E-state index in [0.29, 0.717) is 30.5 Å². The number of carbonyl (C=O) groups excluding carboxylic acids is 1. The third-order valence-electron chi connectivity index (χ3n) is 7.26. The Morgan fingerprint density at radius 3 is 2.43 bits per heavy atom. The zero-order valence-electron chi connectivity index (χ0n) is 16.7. The van der Waals surface area contributed by atoms with E-state index < -0.39 is 0 Å². The van der Waals surface area contributed by atoms with Crippen molar-refractivity contribution in [3.63, 3.8) is 0 Å². The molecule has 0 radical (unpaired) electrons. The van der Waals surface area contributed by atoms with Gasteiger partial charge in [0.05, 0.1) is 5.56 Å². The van der Waals surface area contributed by atoms with Crippen LogP contribution in [0.5, 0.6) is 0 Å². The zero-order valence-corrected chi connectivity index (χ0v) is 16.7. The van der Waals surface area contributed by atoms with E-state index in [4.69, 9.17) is 8.83 Å². The van der Waals surface area contributed by atoms with Gasteiger partial charge in [-0.1, -0.05) is 0 Å². The lowest BCUT2D eigenvalue weighted by atomic mass is 9.52. The highest BCUT2D eigenvalue weighted by molar-refractivity contribution is 5.76. The fourth-order valence-electron chi connectivity index (χ4n) is 6.22. The van der Waals surface area contributed by atoms with E-state index in [1.807, 2.05) is 19.9 Å². The van der Waals surface area contributed by atoms with Crippen molar-refractivity contribution in [1.82, 2.24) is 15.5 Å². The van der Waals surface area contributed by atoms with Crippen LogP contribution in [0.25, 0.3) is 11.5 Å². The van der Waals surface area contributed by atoms with Gasteiger partial charge in [-0.15, -0.1) is 10.2 Å². The molecule has 0 aliphatic heterocycles. The van der Waals surface area contributed by atoms with Crippen LogP contribution >= 0.6 is 0 Å². The molecular formula is C22H29N3O3. The van der Waals surface area contributed by atoms with Crippen LogP contribution in [0.3, 0.4) is 0 Å². The van der Waals surface area contributed by atoms with Crippen LogP contribution < -0.4 is 5.32 Å². The van der Waals surface area contributed by atoms with Crippen LogP contribution in [0.1, 0.15) is 55.9 Å². The van der Waals surface area contributed by atoms with Crippen molar-refractivity contribution >= 4 is 5.91 Å². The van der Waals surface area contributed by atoms with Gasteiger partial charge >= 0.3 is 0 Å². The van der Waals surface area contributed by atoms with Crippen molar-refractivity contribution in [1.29, 1.82) is 0 Å². The lowest BCUT2D eigenvalue weighted by molar-refractivity contribution is -0.122. The van der Waals surface area contributed by atoms with Gasteiger partial charge in [0.15, 0.2) is 0 Å². The Balaban J connectivity index is 1.12. The predicted molar refractivity (Wildman–Crippen MR) is 103 cm³/mol. The van der Waals surface area contributed by atoms with E-state index >= 15 is 0 Å². The van der Waals surface area contributed by atoms with Crippen molar-refractivity contribution in [2.24, 2.45) is 29.6 Å². The first-order valence-electron chi connectivity index (χ1n) is 10.7. The van der Waals surface area contributed by atoms with E-state index in [1.54, 1.807) is 0 Å². The Morgan fingerprint density at radius 1 is 1.07 bits per heavy atom. The summed E-state index contributed by atoms with van der Waals surface area (Å²) in [7, 11) is 0. The van der Waals surface area contributed by atoms with E-state index in [0.717, 1.165) is 47.3 Å². The monoisotopic (exact) mass is 383 g/mol. The standard InChI is InChI=1S/C22H29N3O3/c1-12-5-18(13(2)27-12)22-25-24-21(28-22)4-3-20(26)23-11-19-16-7-14-6-15(9-16)10-17(19)8-14/h5,14-17,19H,3-4,6-11H2,1-2H3,(H,23,26). The molecule has 28 heavy (non-hydrogen) atoms. The quantitative estimate of drug-likeness (QED) is 0.813.